The average molecular weight is 338 g/mol. The van der Waals surface area contributed by atoms with E-state index in [1.54, 1.807) is 5.57 Å². The van der Waals surface area contributed by atoms with E-state index in [2.05, 4.69) is 43.2 Å². The number of aliphatic hydroxyl groups is 1. The van der Waals surface area contributed by atoms with E-state index in [4.69, 9.17) is 0 Å². The summed E-state index contributed by atoms with van der Waals surface area (Å²) in [4.78, 5) is 4.37. The van der Waals surface area contributed by atoms with Gasteiger partial charge in [-0.1, -0.05) is 26.0 Å². The van der Waals surface area contributed by atoms with E-state index in [1.807, 2.05) is 6.20 Å². The highest BCUT2D eigenvalue weighted by atomic mass is 16.3. The first-order valence-electron chi connectivity index (χ1n) is 10.3. The maximum absolute atomic E-state index is 10.3. The SMILES string of the molecule is C[C@]12CC(O)CC1CC[C@@H]1[C@@H]2CC[C@]2(C)C(c3cccnc3)=CC[C@@H]12. The standard InChI is InChI=1S/C23H31NO/c1-22-10-9-21-18(6-5-16-12-17(25)13-23(16,21)2)20(22)8-7-19(22)15-4-3-11-24-14-15/h3-4,7,11,14,16-18,20-21,25H,5-6,8-10,12-13H2,1-2H3/t16?,17?,18-,20-,21-,22+,23-/m0/s1. The predicted molar refractivity (Wildman–Crippen MR) is 101 cm³/mol. The van der Waals surface area contributed by atoms with Crippen molar-refractivity contribution in [3.63, 3.8) is 0 Å². The molecule has 1 aromatic rings. The Kier molecular flexibility index (Phi) is 3.48. The van der Waals surface area contributed by atoms with Gasteiger partial charge in [-0.3, -0.25) is 4.98 Å². The summed E-state index contributed by atoms with van der Waals surface area (Å²) in [5.74, 6) is 3.22. The molecule has 4 aliphatic rings. The minimum Gasteiger partial charge on any atom is -0.393 e. The summed E-state index contributed by atoms with van der Waals surface area (Å²) in [6.07, 6.45) is 15.1. The molecule has 2 unspecified atom stereocenters. The monoisotopic (exact) mass is 337 g/mol. The fourth-order valence-electron chi connectivity index (χ4n) is 7.70. The molecule has 3 fully saturated rings. The van der Waals surface area contributed by atoms with Crippen molar-refractivity contribution in [2.45, 2.75) is 64.9 Å². The summed E-state index contributed by atoms with van der Waals surface area (Å²) in [7, 11) is 0. The lowest BCUT2D eigenvalue weighted by atomic mass is 9.47. The second-order valence-electron chi connectivity index (χ2n) is 9.80. The number of nitrogens with zero attached hydrogens (tertiary/aromatic N) is 1. The minimum absolute atomic E-state index is 0.0466. The summed E-state index contributed by atoms with van der Waals surface area (Å²) >= 11 is 0. The number of allylic oxidation sites excluding steroid dienone is 2. The van der Waals surface area contributed by atoms with Crippen LogP contribution in [0.15, 0.2) is 30.6 Å². The van der Waals surface area contributed by atoms with Gasteiger partial charge in [-0.05, 0) is 96.7 Å². The molecule has 0 aliphatic heterocycles. The van der Waals surface area contributed by atoms with E-state index >= 15 is 0 Å². The van der Waals surface area contributed by atoms with Crippen molar-refractivity contribution in [1.82, 2.24) is 4.98 Å². The molecule has 0 radical (unpaired) electrons. The van der Waals surface area contributed by atoms with Crippen molar-refractivity contribution >= 4 is 5.57 Å². The Morgan fingerprint density at radius 1 is 1.16 bits per heavy atom. The molecule has 7 atom stereocenters. The second kappa shape index (κ2) is 5.42. The Balaban J connectivity index is 1.46. The number of fused-ring (bicyclic) bond motifs is 5. The highest BCUT2D eigenvalue weighted by molar-refractivity contribution is 5.72. The van der Waals surface area contributed by atoms with Gasteiger partial charge < -0.3 is 5.11 Å². The van der Waals surface area contributed by atoms with Gasteiger partial charge in [0.15, 0.2) is 0 Å². The molecule has 5 rings (SSSR count). The molecular formula is C23H31NO. The Morgan fingerprint density at radius 3 is 2.84 bits per heavy atom. The van der Waals surface area contributed by atoms with Crippen LogP contribution in [0.1, 0.15) is 64.4 Å². The van der Waals surface area contributed by atoms with Crippen molar-refractivity contribution in [3.8, 4) is 0 Å². The van der Waals surface area contributed by atoms with Gasteiger partial charge in [-0.2, -0.15) is 0 Å². The van der Waals surface area contributed by atoms with E-state index in [-0.39, 0.29) is 6.10 Å². The van der Waals surface area contributed by atoms with Gasteiger partial charge in [0.1, 0.15) is 0 Å². The topological polar surface area (TPSA) is 33.1 Å². The van der Waals surface area contributed by atoms with Gasteiger partial charge in [-0.25, -0.2) is 0 Å². The summed E-state index contributed by atoms with van der Waals surface area (Å²) in [5.41, 5.74) is 3.61. The Hall–Kier alpha value is -1.15. The van der Waals surface area contributed by atoms with Crippen LogP contribution >= 0.6 is 0 Å². The first-order chi connectivity index (χ1) is 12.0. The molecule has 0 spiro atoms. The molecule has 4 aliphatic carbocycles. The van der Waals surface area contributed by atoms with Crippen molar-refractivity contribution in [2.24, 2.45) is 34.5 Å². The Morgan fingerprint density at radius 2 is 2.04 bits per heavy atom. The van der Waals surface area contributed by atoms with Crippen LogP contribution in [0.4, 0.5) is 0 Å². The molecule has 0 amide bonds. The van der Waals surface area contributed by atoms with Crippen molar-refractivity contribution in [3.05, 3.63) is 36.2 Å². The maximum Gasteiger partial charge on any atom is 0.0548 e. The molecule has 0 aromatic carbocycles. The smallest absolute Gasteiger partial charge is 0.0548 e. The number of pyridine rings is 1. The third-order valence-corrected chi connectivity index (χ3v) is 8.85. The first-order valence-corrected chi connectivity index (χ1v) is 10.3. The lowest BCUT2D eigenvalue weighted by molar-refractivity contribution is -0.0657. The number of hydrogen-bond donors (Lipinski definition) is 1. The third-order valence-electron chi connectivity index (χ3n) is 8.85. The van der Waals surface area contributed by atoms with Gasteiger partial charge in [0.25, 0.3) is 0 Å². The number of aromatic nitrogens is 1. The number of hydrogen-bond acceptors (Lipinski definition) is 2. The van der Waals surface area contributed by atoms with E-state index in [0.717, 1.165) is 36.5 Å². The van der Waals surface area contributed by atoms with Crippen LogP contribution in [0.2, 0.25) is 0 Å². The molecule has 0 saturated heterocycles. The Bertz CT molecular complexity index is 697. The molecule has 134 valence electrons. The fraction of sp³-hybridized carbons (Fsp3) is 0.696. The van der Waals surface area contributed by atoms with Gasteiger partial charge in [0.05, 0.1) is 6.10 Å². The van der Waals surface area contributed by atoms with E-state index < -0.39 is 0 Å². The quantitative estimate of drug-likeness (QED) is 0.774. The van der Waals surface area contributed by atoms with Gasteiger partial charge in [-0.15, -0.1) is 0 Å². The van der Waals surface area contributed by atoms with E-state index in [1.165, 1.54) is 37.7 Å². The fourth-order valence-corrected chi connectivity index (χ4v) is 7.70. The van der Waals surface area contributed by atoms with Crippen molar-refractivity contribution in [2.75, 3.05) is 0 Å². The highest BCUT2D eigenvalue weighted by Gasteiger charge is 2.59. The zero-order valence-electron chi connectivity index (χ0n) is 15.6. The average Bonchev–Trinajstić information content (AvgIpc) is 3.10. The lowest BCUT2D eigenvalue weighted by Crippen LogP contribution is -2.49. The van der Waals surface area contributed by atoms with Gasteiger partial charge in [0, 0.05) is 12.4 Å². The predicted octanol–water partition coefficient (Wildman–Crippen LogP) is 5.09. The summed E-state index contributed by atoms with van der Waals surface area (Å²) < 4.78 is 0. The van der Waals surface area contributed by atoms with Crippen LogP contribution in [0.25, 0.3) is 5.57 Å². The third kappa shape index (κ3) is 2.16. The van der Waals surface area contributed by atoms with Crippen LogP contribution in [0.3, 0.4) is 0 Å². The van der Waals surface area contributed by atoms with Crippen LogP contribution < -0.4 is 0 Å². The lowest BCUT2D eigenvalue weighted by Gasteiger charge is -2.57. The minimum atomic E-state index is -0.0466. The van der Waals surface area contributed by atoms with Gasteiger partial charge >= 0.3 is 0 Å². The zero-order valence-corrected chi connectivity index (χ0v) is 15.6. The molecule has 2 heteroatoms. The molecule has 2 nitrogen and oxygen atoms in total. The second-order valence-corrected chi connectivity index (χ2v) is 9.80. The molecule has 1 aromatic heterocycles. The number of aliphatic hydroxyl groups excluding tert-OH is 1. The van der Waals surface area contributed by atoms with Crippen LogP contribution in [-0.2, 0) is 0 Å². The van der Waals surface area contributed by atoms with Crippen LogP contribution in [0, 0.1) is 34.5 Å². The highest BCUT2D eigenvalue weighted by Crippen LogP contribution is 2.68. The Labute approximate surface area is 151 Å². The molecule has 3 saturated carbocycles. The maximum atomic E-state index is 10.3. The summed E-state index contributed by atoms with van der Waals surface area (Å²) in [6, 6.07) is 4.31. The molecule has 25 heavy (non-hydrogen) atoms. The first kappa shape index (κ1) is 16.1. The van der Waals surface area contributed by atoms with E-state index in [0.29, 0.717) is 10.8 Å². The molecule has 0 bridgehead atoms. The normalized spacial score (nSPS) is 48.4. The van der Waals surface area contributed by atoms with Crippen LogP contribution in [-0.4, -0.2) is 16.2 Å². The van der Waals surface area contributed by atoms with Crippen molar-refractivity contribution < 1.29 is 5.11 Å². The molecular weight excluding hydrogens is 306 g/mol. The van der Waals surface area contributed by atoms with Gasteiger partial charge in [0.2, 0.25) is 0 Å². The molecule has 1 N–H and O–H groups in total. The molecule has 1 heterocycles. The summed E-state index contributed by atoms with van der Waals surface area (Å²) in [5, 5.41) is 10.3. The number of rotatable bonds is 1. The van der Waals surface area contributed by atoms with Crippen LogP contribution in [0.5, 0.6) is 0 Å². The van der Waals surface area contributed by atoms with E-state index in [9.17, 15) is 5.11 Å². The summed E-state index contributed by atoms with van der Waals surface area (Å²) in [6.45, 7) is 5.04. The zero-order chi connectivity index (χ0) is 17.2. The largest absolute Gasteiger partial charge is 0.393 e. The van der Waals surface area contributed by atoms with Crippen molar-refractivity contribution in [1.29, 1.82) is 0 Å².